The molecule has 0 aliphatic carbocycles. The topological polar surface area (TPSA) is 43.4 Å². The third kappa shape index (κ3) is 4.62. The molecule has 0 radical (unpaired) electrons. The molecule has 1 N–H and O–H groups in total. The minimum absolute atomic E-state index is 0.645. The Morgan fingerprint density at radius 2 is 2.21 bits per heavy atom. The van der Waals surface area contributed by atoms with E-state index in [2.05, 4.69) is 10.3 Å². The summed E-state index contributed by atoms with van der Waals surface area (Å²) in [4.78, 5) is 4.49. The van der Waals surface area contributed by atoms with Gasteiger partial charge >= 0.3 is 0 Å². The highest BCUT2D eigenvalue weighted by Gasteiger charge is 2.03. The zero-order valence-electron chi connectivity index (χ0n) is 10.8. The number of benzene rings is 1. The summed E-state index contributed by atoms with van der Waals surface area (Å²) in [5.41, 5.74) is 0.980. The van der Waals surface area contributed by atoms with Gasteiger partial charge in [-0.3, -0.25) is 0 Å². The lowest BCUT2D eigenvalue weighted by atomic mass is 10.3. The lowest BCUT2D eigenvalue weighted by Crippen LogP contribution is -2.08. The molecule has 0 saturated heterocycles. The number of nitrogens with zero attached hydrogens (tertiary/aromatic N) is 1. The molecule has 0 fully saturated rings. The van der Waals surface area contributed by atoms with Crippen LogP contribution in [0.2, 0.25) is 5.02 Å². The molecule has 1 aromatic carbocycles. The number of aromatic nitrogens is 1. The molecule has 0 aliphatic heterocycles. The van der Waals surface area contributed by atoms with Crippen molar-refractivity contribution >= 4 is 38.3 Å². The van der Waals surface area contributed by atoms with Crippen molar-refractivity contribution in [2.24, 2.45) is 0 Å². The van der Waals surface area contributed by atoms with Gasteiger partial charge in [0, 0.05) is 25.3 Å². The largest absolute Gasteiger partial charge is 0.382 e. The van der Waals surface area contributed by atoms with Crippen molar-refractivity contribution in [3.05, 3.63) is 23.2 Å². The maximum atomic E-state index is 5.95. The molecule has 0 spiro atoms. The summed E-state index contributed by atoms with van der Waals surface area (Å²) in [6, 6.07) is 5.73. The predicted octanol–water partition coefficient (Wildman–Crippen LogP) is 3.41. The molecule has 2 aromatic rings. The summed E-state index contributed by atoms with van der Waals surface area (Å²) >= 11 is 7.56. The van der Waals surface area contributed by atoms with Crippen LogP contribution in [0.25, 0.3) is 10.2 Å². The fraction of sp³-hybridized carbons (Fsp3) is 0.462. The van der Waals surface area contributed by atoms with Crippen LogP contribution in [0.1, 0.15) is 6.42 Å². The average molecular weight is 301 g/mol. The van der Waals surface area contributed by atoms with Gasteiger partial charge in [-0.15, -0.1) is 0 Å². The number of hydrogen-bond donors (Lipinski definition) is 1. The smallest absolute Gasteiger partial charge is 0.183 e. The van der Waals surface area contributed by atoms with Gasteiger partial charge in [0.2, 0.25) is 0 Å². The molecule has 6 heteroatoms. The summed E-state index contributed by atoms with van der Waals surface area (Å²) in [6.07, 6.45) is 0.945. The van der Waals surface area contributed by atoms with E-state index >= 15 is 0 Å². The van der Waals surface area contributed by atoms with Crippen LogP contribution in [0.4, 0.5) is 5.13 Å². The summed E-state index contributed by atoms with van der Waals surface area (Å²) < 4.78 is 11.4. The monoisotopic (exact) mass is 300 g/mol. The van der Waals surface area contributed by atoms with Crippen molar-refractivity contribution in [3.8, 4) is 0 Å². The van der Waals surface area contributed by atoms with Gasteiger partial charge in [-0.05, 0) is 24.6 Å². The maximum Gasteiger partial charge on any atom is 0.183 e. The van der Waals surface area contributed by atoms with Gasteiger partial charge in [0.1, 0.15) is 0 Å². The Balaban J connectivity index is 1.72. The zero-order valence-corrected chi connectivity index (χ0v) is 12.4. The van der Waals surface area contributed by atoms with Crippen LogP contribution in [-0.4, -0.2) is 38.5 Å². The second-order valence-electron chi connectivity index (χ2n) is 4.02. The third-order valence-electron chi connectivity index (χ3n) is 2.52. The summed E-state index contributed by atoms with van der Waals surface area (Å²) in [5.74, 6) is 0. The Morgan fingerprint density at radius 3 is 3.05 bits per heavy atom. The molecule has 0 amide bonds. The number of anilines is 1. The van der Waals surface area contributed by atoms with Gasteiger partial charge < -0.3 is 14.8 Å². The van der Waals surface area contributed by atoms with E-state index in [9.17, 15) is 0 Å². The number of methoxy groups -OCH3 is 1. The van der Waals surface area contributed by atoms with Gasteiger partial charge in [-0.25, -0.2) is 4.98 Å². The van der Waals surface area contributed by atoms with Crippen LogP contribution in [0, 0.1) is 0 Å². The van der Waals surface area contributed by atoms with E-state index in [1.807, 2.05) is 18.2 Å². The lowest BCUT2D eigenvalue weighted by Gasteiger charge is -2.04. The highest BCUT2D eigenvalue weighted by atomic mass is 35.5. The fourth-order valence-corrected chi connectivity index (χ4v) is 2.76. The molecule has 0 aliphatic rings. The molecule has 0 unspecified atom stereocenters. The number of fused-ring (bicyclic) bond motifs is 1. The van der Waals surface area contributed by atoms with E-state index in [0.29, 0.717) is 13.2 Å². The Hall–Kier alpha value is -0.880. The third-order valence-corrected chi connectivity index (χ3v) is 3.73. The summed E-state index contributed by atoms with van der Waals surface area (Å²) in [6.45, 7) is 2.87. The number of halogens is 1. The van der Waals surface area contributed by atoms with Crippen molar-refractivity contribution in [1.29, 1.82) is 0 Å². The quantitative estimate of drug-likeness (QED) is 0.759. The van der Waals surface area contributed by atoms with Crippen LogP contribution in [0.15, 0.2) is 18.2 Å². The molecule has 2 rings (SSSR count). The molecular weight excluding hydrogens is 284 g/mol. The van der Waals surface area contributed by atoms with E-state index < -0.39 is 0 Å². The van der Waals surface area contributed by atoms with E-state index in [0.717, 1.165) is 39.9 Å². The standard InChI is InChI=1S/C13H17ClN2O2S/c1-17-7-8-18-6-2-5-15-13-16-11-4-3-10(14)9-12(11)19-13/h3-4,9H,2,5-8H2,1H3,(H,15,16). The molecule has 104 valence electrons. The highest BCUT2D eigenvalue weighted by Crippen LogP contribution is 2.28. The van der Waals surface area contributed by atoms with Crippen LogP contribution >= 0.6 is 22.9 Å². The van der Waals surface area contributed by atoms with E-state index in [1.54, 1.807) is 18.4 Å². The van der Waals surface area contributed by atoms with Gasteiger partial charge in [-0.2, -0.15) is 0 Å². The van der Waals surface area contributed by atoms with Crippen LogP contribution in [0.3, 0.4) is 0 Å². The molecule has 0 saturated carbocycles. The molecule has 19 heavy (non-hydrogen) atoms. The predicted molar refractivity (Wildman–Crippen MR) is 80.4 cm³/mol. The van der Waals surface area contributed by atoms with Crippen molar-refractivity contribution in [2.75, 3.05) is 38.8 Å². The Labute approximate surface area is 121 Å². The molecule has 0 bridgehead atoms. The second kappa shape index (κ2) is 7.65. The number of ether oxygens (including phenoxy) is 2. The second-order valence-corrected chi connectivity index (χ2v) is 5.48. The van der Waals surface area contributed by atoms with Crippen molar-refractivity contribution in [3.63, 3.8) is 0 Å². The summed E-state index contributed by atoms with van der Waals surface area (Å²) in [5, 5.41) is 4.97. The molecule has 0 atom stereocenters. The first-order valence-electron chi connectivity index (χ1n) is 6.16. The fourth-order valence-electron chi connectivity index (χ4n) is 1.59. The molecule has 1 aromatic heterocycles. The van der Waals surface area contributed by atoms with Gasteiger partial charge in [0.25, 0.3) is 0 Å². The zero-order chi connectivity index (χ0) is 13.5. The van der Waals surface area contributed by atoms with E-state index in [1.165, 1.54) is 0 Å². The molecular formula is C13H17ClN2O2S. The first-order valence-corrected chi connectivity index (χ1v) is 7.35. The van der Waals surface area contributed by atoms with Crippen molar-refractivity contribution in [2.45, 2.75) is 6.42 Å². The van der Waals surface area contributed by atoms with Crippen molar-refractivity contribution in [1.82, 2.24) is 4.98 Å². The Bertz CT molecular complexity index is 518. The minimum atomic E-state index is 0.645. The Kier molecular flexibility index (Phi) is 5.85. The van der Waals surface area contributed by atoms with Gasteiger partial charge in [0.15, 0.2) is 5.13 Å². The normalized spacial score (nSPS) is 11.1. The first kappa shape index (κ1) is 14.5. The van der Waals surface area contributed by atoms with Gasteiger partial charge in [0.05, 0.1) is 23.4 Å². The number of hydrogen-bond acceptors (Lipinski definition) is 5. The number of nitrogens with one attached hydrogen (secondary N) is 1. The van der Waals surface area contributed by atoms with E-state index in [4.69, 9.17) is 21.1 Å². The lowest BCUT2D eigenvalue weighted by molar-refractivity contribution is 0.0705. The number of rotatable bonds is 8. The minimum Gasteiger partial charge on any atom is -0.382 e. The van der Waals surface area contributed by atoms with E-state index in [-0.39, 0.29) is 0 Å². The first-order chi connectivity index (χ1) is 9.29. The van der Waals surface area contributed by atoms with Crippen LogP contribution in [-0.2, 0) is 9.47 Å². The summed E-state index contributed by atoms with van der Waals surface area (Å²) in [7, 11) is 1.67. The molecule has 4 nitrogen and oxygen atoms in total. The van der Waals surface area contributed by atoms with Crippen LogP contribution in [0.5, 0.6) is 0 Å². The average Bonchev–Trinajstić information content (AvgIpc) is 2.79. The SMILES string of the molecule is COCCOCCCNc1nc2ccc(Cl)cc2s1. The van der Waals surface area contributed by atoms with Crippen molar-refractivity contribution < 1.29 is 9.47 Å². The molecule has 1 heterocycles. The van der Waals surface area contributed by atoms with Gasteiger partial charge in [-0.1, -0.05) is 22.9 Å². The van der Waals surface area contributed by atoms with Crippen LogP contribution < -0.4 is 5.32 Å². The highest BCUT2D eigenvalue weighted by molar-refractivity contribution is 7.22. The number of thiazole rings is 1. The Morgan fingerprint density at radius 1 is 1.32 bits per heavy atom. The maximum absolute atomic E-state index is 5.95.